The van der Waals surface area contributed by atoms with Gasteiger partial charge in [0.05, 0.1) is 5.57 Å². The van der Waals surface area contributed by atoms with Crippen LogP contribution in [-0.4, -0.2) is 22.2 Å². The van der Waals surface area contributed by atoms with Gasteiger partial charge in [-0.05, 0) is 35.2 Å². The summed E-state index contributed by atoms with van der Waals surface area (Å²) < 4.78 is 0. The Kier molecular flexibility index (Phi) is 8.13. The molecule has 0 radical (unpaired) electrons. The first-order chi connectivity index (χ1) is 16.2. The first kappa shape index (κ1) is 25.1. The molecule has 5 heteroatoms. The van der Waals surface area contributed by atoms with Crippen LogP contribution in [0.1, 0.15) is 54.7 Å². The molecule has 0 saturated carbocycles. The van der Waals surface area contributed by atoms with E-state index in [2.05, 4.69) is 50.1 Å². The molecule has 0 amide bonds. The summed E-state index contributed by atoms with van der Waals surface area (Å²) in [6.45, 7) is 8.54. The predicted octanol–water partition coefficient (Wildman–Crippen LogP) is 7.17. The molecule has 3 aromatic rings. The second-order valence-corrected chi connectivity index (χ2v) is 9.34. The van der Waals surface area contributed by atoms with Crippen LogP contribution < -0.4 is 5.32 Å². The predicted molar refractivity (Wildman–Crippen MR) is 146 cm³/mol. The van der Waals surface area contributed by atoms with Gasteiger partial charge in [-0.15, -0.1) is 0 Å². The fraction of sp³-hybridized carbons (Fsp3) is 0.207. The van der Waals surface area contributed by atoms with E-state index >= 15 is 0 Å². The summed E-state index contributed by atoms with van der Waals surface area (Å²) in [5, 5.41) is 14.4. The quantitative estimate of drug-likeness (QED) is 0.132. The Bertz CT molecular complexity index is 1220. The summed E-state index contributed by atoms with van der Waals surface area (Å²) in [4.78, 5) is 17.6. The number of para-hydroxylation sites is 1. The maximum atomic E-state index is 13.2. The molecule has 0 heterocycles. The second kappa shape index (κ2) is 11.0. The summed E-state index contributed by atoms with van der Waals surface area (Å²) in [5.41, 5.74) is 4.16. The van der Waals surface area contributed by atoms with Crippen molar-refractivity contribution in [2.24, 2.45) is 4.99 Å². The molecule has 0 bridgehead atoms. The summed E-state index contributed by atoms with van der Waals surface area (Å²) in [7, 11) is 0. The van der Waals surface area contributed by atoms with Crippen molar-refractivity contribution in [1.29, 1.82) is 0 Å². The lowest BCUT2D eigenvalue weighted by molar-refractivity contribution is 0.104. The number of ketones is 1. The number of aliphatic hydroxyl groups is 1. The molecule has 34 heavy (non-hydrogen) atoms. The largest absolute Gasteiger partial charge is 0.506 e. The molecule has 0 atom stereocenters. The Labute approximate surface area is 207 Å². The number of anilines is 1. The number of carbonyl (C=O) groups excluding carboxylic acids is 1. The van der Waals surface area contributed by atoms with Gasteiger partial charge in [-0.1, -0.05) is 107 Å². The van der Waals surface area contributed by atoms with Crippen molar-refractivity contribution in [3.8, 4) is 0 Å². The SMILES string of the molecule is CCc1cccc(C(C)(C)C)c1NC(=S)N=C/C(C(=O)c1ccccc1)=C(\O)c1ccccc1. The van der Waals surface area contributed by atoms with Crippen LogP contribution in [0.5, 0.6) is 0 Å². The summed E-state index contributed by atoms with van der Waals surface area (Å²) >= 11 is 5.53. The highest BCUT2D eigenvalue weighted by Crippen LogP contribution is 2.32. The third kappa shape index (κ3) is 6.06. The van der Waals surface area contributed by atoms with Crippen LogP contribution in [0.3, 0.4) is 0 Å². The Morgan fingerprint density at radius 3 is 2.09 bits per heavy atom. The van der Waals surface area contributed by atoms with Gasteiger partial charge >= 0.3 is 0 Å². The van der Waals surface area contributed by atoms with E-state index < -0.39 is 0 Å². The number of benzene rings is 3. The first-order valence-electron chi connectivity index (χ1n) is 11.3. The van der Waals surface area contributed by atoms with E-state index in [-0.39, 0.29) is 27.6 Å². The molecule has 0 saturated heterocycles. The number of hydrogen-bond donors (Lipinski definition) is 2. The van der Waals surface area contributed by atoms with Gasteiger partial charge in [-0.3, -0.25) is 4.79 Å². The van der Waals surface area contributed by atoms with E-state index in [0.717, 1.165) is 23.2 Å². The van der Waals surface area contributed by atoms with E-state index in [0.29, 0.717) is 11.1 Å². The van der Waals surface area contributed by atoms with Crippen LogP contribution in [0.15, 0.2) is 89.4 Å². The zero-order chi connectivity index (χ0) is 24.7. The highest BCUT2D eigenvalue weighted by Gasteiger charge is 2.21. The molecule has 0 aromatic heterocycles. The molecular weight excluding hydrogens is 440 g/mol. The average molecular weight is 471 g/mol. The zero-order valence-corrected chi connectivity index (χ0v) is 20.8. The lowest BCUT2D eigenvalue weighted by atomic mass is 9.84. The van der Waals surface area contributed by atoms with Crippen molar-refractivity contribution in [3.05, 3.63) is 107 Å². The zero-order valence-electron chi connectivity index (χ0n) is 20.0. The van der Waals surface area contributed by atoms with Gasteiger partial charge in [0.2, 0.25) is 0 Å². The number of allylic oxidation sites excluding steroid dienone is 1. The smallest absolute Gasteiger partial charge is 0.198 e. The van der Waals surface area contributed by atoms with Crippen LogP contribution in [0, 0.1) is 0 Å². The van der Waals surface area contributed by atoms with Gasteiger partial charge in [-0.2, -0.15) is 0 Å². The highest BCUT2D eigenvalue weighted by atomic mass is 32.1. The van der Waals surface area contributed by atoms with Crippen LogP contribution >= 0.6 is 12.2 Å². The lowest BCUT2D eigenvalue weighted by Gasteiger charge is -2.25. The lowest BCUT2D eigenvalue weighted by Crippen LogP contribution is -2.18. The van der Waals surface area contributed by atoms with Crippen molar-refractivity contribution in [3.63, 3.8) is 0 Å². The standard InChI is InChI=1S/C29H30N2O2S/c1-5-20-17-12-18-24(29(2,3)4)25(20)31-28(34)30-19-23(26(32)21-13-8-6-9-14-21)27(33)22-15-10-7-11-16-22/h6-19,32H,5H2,1-4H3,(H,31,34)/b26-23+,30-19?. The number of aryl methyl sites for hydroxylation is 1. The number of aliphatic hydroxyl groups excluding tert-OH is 1. The minimum Gasteiger partial charge on any atom is -0.506 e. The summed E-state index contributed by atoms with van der Waals surface area (Å²) in [6, 6.07) is 23.9. The van der Waals surface area contributed by atoms with Gasteiger partial charge in [0.25, 0.3) is 0 Å². The van der Waals surface area contributed by atoms with E-state index in [9.17, 15) is 9.90 Å². The number of Topliss-reactive ketones (excluding diaryl/α,β-unsaturated/α-hetero) is 1. The average Bonchev–Trinajstić information content (AvgIpc) is 2.84. The van der Waals surface area contributed by atoms with Gasteiger partial charge in [0.1, 0.15) is 5.76 Å². The third-order valence-electron chi connectivity index (χ3n) is 5.47. The Balaban J connectivity index is 1.98. The molecule has 0 fully saturated rings. The van der Waals surface area contributed by atoms with Gasteiger partial charge < -0.3 is 10.4 Å². The number of hydrogen-bond acceptors (Lipinski definition) is 3. The van der Waals surface area contributed by atoms with Crippen LogP contribution in [0.2, 0.25) is 0 Å². The third-order valence-corrected chi connectivity index (χ3v) is 5.67. The minimum atomic E-state index is -0.335. The van der Waals surface area contributed by atoms with E-state index in [1.54, 1.807) is 48.5 Å². The molecule has 3 rings (SSSR count). The molecular formula is C29H30N2O2S. The second-order valence-electron chi connectivity index (χ2n) is 8.96. The van der Waals surface area contributed by atoms with Crippen LogP contribution in [0.25, 0.3) is 5.76 Å². The fourth-order valence-electron chi connectivity index (χ4n) is 3.65. The maximum absolute atomic E-state index is 13.2. The van der Waals surface area contributed by atoms with Crippen molar-refractivity contribution in [2.45, 2.75) is 39.5 Å². The van der Waals surface area contributed by atoms with E-state index in [1.807, 2.05) is 18.2 Å². The molecule has 3 aromatic carbocycles. The number of thiocarbonyl (C=S) groups is 1. The van der Waals surface area contributed by atoms with E-state index in [1.165, 1.54) is 6.21 Å². The molecule has 0 spiro atoms. The molecule has 0 aliphatic heterocycles. The van der Waals surface area contributed by atoms with Crippen molar-refractivity contribution in [1.82, 2.24) is 0 Å². The minimum absolute atomic E-state index is 0.0707. The normalized spacial score (nSPS) is 12.4. The van der Waals surface area contributed by atoms with Gasteiger partial charge in [-0.25, -0.2) is 4.99 Å². The van der Waals surface area contributed by atoms with Gasteiger partial charge in [0, 0.05) is 23.0 Å². The monoisotopic (exact) mass is 470 g/mol. The molecule has 4 nitrogen and oxygen atoms in total. The van der Waals surface area contributed by atoms with Crippen molar-refractivity contribution in [2.75, 3.05) is 5.32 Å². The number of rotatable bonds is 6. The number of aliphatic imine (C=N–C) groups is 1. The van der Waals surface area contributed by atoms with Gasteiger partial charge in [0.15, 0.2) is 10.9 Å². The van der Waals surface area contributed by atoms with Crippen LogP contribution in [-0.2, 0) is 11.8 Å². The van der Waals surface area contributed by atoms with Crippen molar-refractivity contribution < 1.29 is 9.90 Å². The molecule has 0 aliphatic rings. The Hall–Kier alpha value is -3.57. The Morgan fingerprint density at radius 2 is 1.53 bits per heavy atom. The molecule has 2 N–H and O–H groups in total. The number of nitrogens with zero attached hydrogens (tertiary/aromatic N) is 1. The topological polar surface area (TPSA) is 61.7 Å². The summed E-state index contributed by atoms with van der Waals surface area (Å²) in [6.07, 6.45) is 2.18. The number of nitrogens with one attached hydrogen (secondary N) is 1. The Morgan fingerprint density at radius 1 is 0.941 bits per heavy atom. The van der Waals surface area contributed by atoms with Crippen molar-refractivity contribution >= 4 is 40.8 Å². The molecule has 174 valence electrons. The first-order valence-corrected chi connectivity index (χ1v) is 11.7. The summed E-state index contributed by atoms with van der Waals surface area (Å²) in [5.74, 6) is -0.483. The van der Waals surface area contributed by atoms with Crippen LogP contribution in [0.4, 0.5) is 5.69 Å². The maximum Gasteiger partial charge on any atom is 0.198 e. The molecule has 0 aliphatic carbocycles. The van der Waals surface area contributed by atoms with E-state index in [4.69, 9.17) is 12.2 Å². The molecule has 0 unspecified atom stereocenters. The fourth-order valence-corrected chi connectivity index (χ4v) is 3.81. The highest BCUT2D eigenvalue weighted by molar-refractivity contribution is 7.80. The number of carbonyl (C=O) groups is 1.